The summed E-state index contributed by atoms with van der Waals surface area (Å²) < 4.78 is 25.3. The van der Waals surface area contributed by atoms with E-state index in [2.05, 4.69) is 5.32 Å². The van der Waals surface area contributed by atoms with Gasteiger partial charge in [0.05, 0.1) is 4.90 Å². The summed E-state index contributed by atoms with van der Waals surface area (Å²) in [5.74, 6) is -1.41. The molecule has 0 fully saturated rings. The van der Waals surface area contributed by atoms with E-state index in [0.717, 1.165) is 4.31 Å². The first-order chi connectivity index (χ1) is 9.70. The number of hydrogen-bond donors (Lipinski definition) is 2. The number of nitrogens with zero attached hydrogens (tertiary/aromatic N) is 1. The molecule has 2 N–H and O–H groups in total. The van der Waals surface area contributed by atoms with Gasteiger partial charge in [-0.3, -0.25) is 9.59 Å². The van der Waals surface area contributed by atoms with Gasteiger partial charge in [-0.2, -0.15) is 4.31 Å². The first kappa shape index (κ1) is 17.1. The Labute approximate surface area is 123 Å². The fourth-order valence-corrected chi connectivity index (χ4v) is 2.81. The molecule has 0 aliphatic carbocycles. The van der Waals surface area contributed by atoms with Crippen molar-refractivity contribution < 1.29 is 23.1 Å². The Morgan fingerprint density at radius 3 is 2.24 bits per heavy atom. The van der Waals surface area contributed by atoms with Crippen molar-refractivity contribution in [3.05, 3.63) is 24.3 Å². The van der Waals surface area contributed by atoms with Gasteiger partial charge in [0.1, 0.15) is 6.04 Å². The standard InChI is InChI=1S/C13H18N2O5S/c1-4-12(16)14-10-5-7-11(8-6-10)21(19,20)15(3)9(2)13(17)18/h5-9H,4H2,1-3H3,(H,14,16)(H,17,18). The van der Waals surface area contributed by atoms with Crippen LogP contribution in [0.1, 0.15) is 20.3 Å². The SMILES string of the molecule is CCC(=O)Nc1ccc(S(=O)(=O)N(C)C(C)C(=O)O)cc1. The summed E-state index contributed by atoms with van der Waals surface area (Å²) in [5.41, 5.74) is 0.481. The Morgan fingerprint density at radius 2 is 1.81 bits per heavy atom. The van der Waals surface area contributed by atoms with E-state index in [4.69, 9.17) is 5.11 Å². The quantitative estimate of drug-likeness (QED) is 0.819. The summed E-state index contributed by atoms with van der Waals surface area (Å²) in [5, 5.41) is 11.5. The Hall–Kier alpha value is -1.93. The molecule has 0 radical (unpaired) electrons. The maximum atomic E-state index is 12.2. The van der Waals surface area contributed by atoms with Crippen molar-refractivity contribution in [2.75, 3.05) is 12.4 Å². The zero-order valence-electron chi connectivity index (χ0n) is 12.0. The van der Waals surface area contributed by atoms with Crippen LogP contribution in [0.5, 0.6) is 0 Å². The fraction of sp³-hybridized carbons (Fsp3) is 0.385. The van der Waals surface area contributed by atoms with Gasteiger partial charge < -0.3 is 10.4 Å². The third-order valence-electron chi connectivity index (χ3n) is 3.04. The molecule has 1 amide bonds. The zero-order chi connectivity index (χ0) is 16.2. The van der Waals surface area contributed by atoms with Crippen molar-refractivity contribution in [2.45, 2.75) is 31.2 Å². The van der Waals surface area contributed by atoms with Gasteiger partial charge in [-0.15, -0.1) is 0 Å². The van der Waals surface area contributed by atoms with Crippen LogP contribution in [0.4, 0.5) is 5.69 Å². The van der Waals surface area contributed by atoms with Crippen LogP contribution in [0.15, 0.2) is 29.2 Å². The molecule has 0 bridgehead atoms. The number of carbonyl (C=O) groups excluding carboxylic acids is 1. The minimum atomic E-state index is -3.89. The monoisotopic (exact) mass is 314 g/mol. The normalized spacial score (nSPS) is 13.0. The number of nitrogens with one attached hydrogen (secondary N) is 1. The largest absolute Gasteiger partial charge is 0.480 e. The molecule has 116 valence electrons. The van der Waals surface area contributed by atoms with Crippen molar-refractivity contribution in [3.63, 3.8) is 0 Å². The molecular formula is C13H18N2O5S. The highest BCUT2D eigenvalue weighted by molar-refractivity contribution is 7.89. The van der Waals surface area contributed by atoms with Crippen molar-refractivity contribution >= 4 is 27.6 Å². The van der Waals surface area contributed by atoms with Gasteiger partial charge >= 0.3 is 5.97 Å². The molecule has 1 aromatic rings. The minimum Gasteiger partial charge on any atom is -0.480 e. The summed E-state index contributed by atoms with van der Waals surface area (Å²) in [4.78, 5) is 22.1. The van der Waals surface area contributed by atoms with Crippen LogP contribution in [-0.4, -0.2) is 42.8 Å². The van der Waals surface area contributed by atoms with Gasteiger partial charge in [-0.25, -0.2) is 8.42 Å². The molecule has 0 saturated heterocycles. The first-order valence-corrected chi connectivity index (χ1v) is 7.75. The third-order valence-corrected chi connectivity index (χ3v) is 4.98. The number of benzene rings is 1. The van der Waals surface area contributed by atoms with E-state index in [9.17, 15) is 18.0 Å². The Morgan fingerprint density at radius 1 is 1.29 bits per heavy atom. The Balaban J connectivity index is 3.00. The topological polar surface area (TPSA) is 104 Å². The highest BCUT2D eigenvalue weighted by Crippen LogP contribution is 2.19. The number of carboxylic acids is 1. The highest BCUT2D eigenvalue weighted by atomic mass is 32.2. The molecule has 0 aliphatic heterocycles. The number of carboxylic acid groups (broad SMARTS) is 1. The number of carbonyl (C=O) groups is 2. The highest BCUT2D eigenvalue weighted by Gasteiger charge is 2.29. The molecule has 0 heterocycles. The molecule has 0 aromatic heterocycles. The molecule has 1 rings (SSSR count). The first-order valence-electron chi connectivity index (χ1n) is 6.31. The molecule has 7 nitrogen and oxygen atoms in total. The predicted molar refractivity (Wildman–Crippen MR) is 77.4 cm³/mol. The number of likely N-dealkylation sites (N-methyl/N-ethyl adjacent to an activating group) is 1. The van der Waals surface area contributed by atoms with E-state index in [1.165, 1.54) is 38.2 Å². The maximum Gasteiger partial charge on any atom is 0.321 e. The van der Waals surface area contributed by atoms with Gasteiger partial charge in [0, 0.05) is 19.2 Å². The molecule has 21 heavy (non-hydrogen) atoms. The number of rotatable bonds is 6. The van der Waals surface area contributed by atoms with Crippen LogP contribution in [0.2, 0.25) is 0 Å². The van der Waals surface area contributed by atoms with Gasteiger partial charge in [-0.1, -0.05) is 6.92 Å². The molecule has 0 saturated carbocycles. The van der Waals surface area contributed by atoms with Gasteiger partial charge in [-0.05, 0) is 31.2 Å². The van der Waals surface area contributed by atoms with Gasteiger partial charge in [0.25, 0.3) is 0 Å². The molecule has 1 atom stereocenters. The minimum absolute atomic E-state index is 0.0346. The van der Waals surface area contributed by atoms with Crippen LogP contribution in [0.3, 0.4) is 0 Å². The van der Waals surface area contributed by atoms with E-state index in [-0.39, 0.29) is 10.8 Å². The molecular weight excluding hydrogens is 296 g/mol. The number of amides is 1. The number of sulfonamides is 1. The van der Waals surface area contributed by atoms with Gasteiger partial charge in [0.2, 0.25) is 15.9 Å². The number of anilines is 1. The van der Waals surface area contributed by atoms with E-state index in [0.29, 0.717) is 12.1 Å². The fourth-order valence-electron chi connectivity index (χ4n) is 1.49. The van der Waals surface area contributed by atoms with Crippen molar-refractivity contribution in [1.82, 2.24) is 4.31 Å². The molecule has 1 aromatic carbocycles. The van der Waals surface area contributed by atoms with E-state index in [1.807, 2.05) is 0 Å². The second-order valence-electron chi connectivity index (χ2n) is 4.46. The number of aliphatic carboxylic acids is 1. The lowest BCUT2D eigenvalue weighted by Crippen LogP contribution is -2.40. The summed E-state index contributed by atoms with van der Waals surface area (Å²) in [6, 6.07) is 4.39. The van der Waals surface area contributed by atoms with Crippen molar-refractivity contribution in [3.8, 4) is 0 Å². The lowest BCUT2D eigenvalue weighted by atomic mass is 10.3. The molecule has 1 unspecified atom stereocenters. The molecule has 8 heteroatoms. The van der Waals surface area contributed by atoms with Crippen LogP contribution in [0.25, 0.3) is 0 Å². The Bertz CT molecular complexity index is 624. The van der Waals surface area contributed by atoms with Crippen LogP contribution in [0, 0.1) is 0 Å². The smallest absolute Gasteiger partial charge is 0.321 e. The molecule has 0 aliphatic rings. The van der Waals surface area contributed by atoms with Crippen LogP contribution >= 0.6 is 0 Å². The lowest BCUT2D eigenvalue weighted by molar-refractivity contribution is -0.140. The van der Waals surface area contributed by atoms with Crippen LogP contribution in [-0.2, 0) is 19.6 Å². The summed E-state index contributed by atoms with van der Waals surface area (Å²) in [7, 11) is -2.69. The Kier molecular flexibility index (Phi) is 5.45. The van der Waals surface area contributed by atoms with E-state index >= 15 is 0 Å². The third kappa shape index (κ3) is 4.02. The number of hydrogen-bond acceptors (Lipinski definition) is 4. The van der Waals surface area contributed by atoms with Crippen molar-refractivity contribution in [1.29, 1.82) is 0 Å². The average molecular weight is 314 g/mol. The molecule has 0 spiro atoms. The van der Waals surface area contributed by atoms with E-state index < -0.39 is 22.0 Å². The lowest BCUT2D eigenvalue weighted by Gasteiger charge is -2.21. The predicted octanol–water partition coefficient (Wildman–Crippen LogP) is 1.13. The van der Waals surface area contributed by atoms with Crippen molar-refractivity contribution in [2.24, 2.45) is 0 Å². The van der Waals surface area contributed by atoms with Crippen LogP contribution < -0.4 is 5.32 Å². The second kappa shape index (κ2) is 6.68. The summed E-state index contributed by atoms with van der Waals surface area (Å²) in [6.07, 6.45) is 0.318. The average Bonchev–Trinajstić information content (AvgIpc) is 2.45. The summed E-state index contributed by atoms with van der Waals surface area (Å²) >= 11 is 0. The summed E-state index contributed by atoms with van der Waals surface area (Å²) in [6.45, 7) is 2.99. The van der Waals surface area contributed by atoms with E-state index in [1.54, 1.807) is 6.92 Å². The zero-order valence-corrected chi connectivity index (χ0v) is 12.8. The maximum absolute atomic E-state index is 12.2. The second-order valence-corrected chi connectivity index (χ2v) is 6.46. The van der Waals surface area contributed by atoms with Gasteiger partial charge in [0.15, 0.2) is 0 Å².